The lowest BCUT2D eigenvalue weighted by Crippen LogP contribution is -2.37. The molecule has 3 aliphatic rings. The standard InChI is InChI=1S/C20H34N6OS/c27-19(16-28-20-21-22-23-26(20)18-9-4-5-10-18)25-12-6-11-24(13-14-25)15-17-7-2-1-3-8-17/h17-18H,1-16H2. The van der Waals surface area contributed by atoms with Crippen molar-refractivity contribution >= 4 is 17.7 Å². The number of aromatic nitrogens is 4. The number of nitrogens with zero attached hydrogens (tertiary/aromatic N) is 6. The third kappa shape index (κ3) is 5.26. The Labute approximate surface area is 172 Å². The van der Waals surface area contributed by atoms with Gasteiger partial charge in [-0.05, 0) is 55.0 Å². The molecular weight excluding hydrogens is 372 g/mol. The first kappa shape index (κ1) is 20.1. The van der Waals surface area contributed by atoms with Gasteiger partial charge in [-0.1, -0.05) is 43.9 Å². The average Bonchev–Trinajstić information content (AvgIpc) is 3.35. The van der Waals surface area contributed by atoms with E-state index in [0.29, 0.717) is 11.8 Å². The van der Waals surface area contributed by atoms with Gasteiger partial charge in [-0.15, -0.1) is 5.10 Å². The molecule has 7 nitrogen and oxygen atoms in total. The molecule has 2 heterocycles. The lowest BCUT2D eigenvalue weighted by Gasteiger charge is -2.28. The van der Waals surface area contributed by atoms with Crippen LogP contribution in [0.5, 0.6) is 0 Å². The van der Waals surface area contributed by atoms with Gasteiger partial charge in [0.2, 0.25) is 11.1 Å². The van der Waals surface area contributed by atoms with Crippen LogP contribution >= 0.6 is 11.8 Å². The predicted octanol–water partition coefficient (Wildman–Crippen LogP) is 2.99. The molecule has 1 saturated heterocycles. The Balaban J connectivity index is 1.23. The molecule has 28 heavy (non-hydrogen) atoms. The van der Waals surface area contributed by atoms with Gasteiger partial charge in [-0.3, -0.25) is 4.79 Å². The van der Waals surface area contributed by atoms with Crippen molar-refractivity contribution < 1.29 is 4.79 Å². The zero-order chi connectivity index (χ0) is 19.2. The van der Waals surface area contributed by atoms with E-state index in [9.17, 15) is 4.79 Å². The Bertz CT molecular complexity index is 626. The van der Waals surface area contributed by atoms with Crippen LogP contribution in [0.15, 0.2) is 5.16 Å². The summed E-state index contributed by atoms with van der Waals surface area (Å²) in [7, 11) is 0. The summed E-state index contributed by atoms with van der Waals surface area (Å²) < 4.78 is 1.94. The van der Waals surface area contributed by atoms with Crippen LogP contribution in [0.2, 0.25) is 0 Å². The van der Waals surface area contributed by atoms with E-state index in [4.69, 9.17) is 0 Å². The summed E-state index contributed by atoms with van der Waals surface area (Å²) >= 11 is 1.50. The molecule has 4 rings (SSSR count). The molecule has 2 aliphatic carbocycles. The molecule has 0 aromatic carbocycles. The zero-order valence-electron chi connectivity index (χ0n) is 17.0. The van der Waals surface area contributed by atoms with Crippen LogP contribution in [0.25, 0.3) is 0 Å². The monoisotopic (exact) mass is 406 g/mol. The molecule has 1 amide bonds. The Kier molecular flexibility index (Phi) is 7.23. The Morgan fingerprint density at radius 3 is 2.54 bits per heavy atom. The second kappa shape index (κ2) is 10.1. The molecule has 3 fully saturated rings. The van der Waals surface area contributed by atoms with E-state index in [1.54, 1.807) is 0 Å². The summed E-state index contributed by atoms with van der Waals surface area (Å²) in [6.45, 7) is 5.13. The van der Waals surface area contributed by atoms with Crippen LogP contribution in [-0.2, 0) is 4.79 Å². The number of hydrogen-bond acceptors (Lipinski definition) is 6. The molecule has 8 heteroatoms. The first-order valence-corrected chi connectivity index (χ1v) is 12.2. The highest BCUT2D eigenvalue weighted by atomic mass is 32.2. The van der Waals surface area contributed by atoms with Crippen LogP contribution < -0.4 is 0 Å². The lowest BCUT2D eigenvalue weighted by molar-refractivity contribution is -0.128. The van der Waals surface area contributed by atoms with E-state index in [1.807, 2.05) is 4.68 Å². The fourth-order valence-electron chi connectivity index (χ4n) is 5.01. The smallest absolute Gasteiger partial charge is 0.233 e. The van der Waals surface area contributed by atoms with Crippen molar-refractivity contribution in [1.82, 2.24) is 30.0 Å². The molecule has 1 aliphatic heterocycles. The van der Waals surface area contributed by atoms with E-state index in [1.165, 1.54) is 63.3 Å². The van der Waals surface area contributed by atoms with Crippen molar-refractivity contribution in [2.24, 2.45) is 5.92 Å². The molecule has 0 N–H and O–H groups in total. The van der Waals surface area contributed by atoms with Gasteiger partial charge in [0.1, 0.15) is 0 Å². The highest BCUT2D eigenvalue weighted by molar-refractivity contribution is 7.99. The fourth-order valence-corrected chi connectivity index (χ4v) is 5.86. The van der Waals surface area contributed by atoms with Crippen LogP contribution in [0.4, 0.5) is 0 Å². The van der Waals surface area contributed by atoms with Crippen molar-refractivity contribution in [2.75, 3.05) is 38.5 Å². The summed E-state index contributed by atoms with van der Waals surface area (Å²) in [6, 6.07) is 0.416. The Hall–Kier alpha value is -1.15. The molecule has 1 aromatic heterocycles. The fraction of sp³-hybridized carbons (Fsp3) is 0.900. The molecule has 0 radical (unpaired) electrons. The van der Waals surface area contributed by atoms with E-state index in [0.717, 1.165) is 56.5 Å². The van der Waals surface area contributed by atoms with E-state index in [2.05, 4.69) is 25.3 Å². The number of carbonyl (C=O) groups excluding carboxylic acids is 1. The highest BCUT2D eigenvalue weighted by Gasteiger charge is 2.25. The van der Waals surface area contributed by atoms with Gasteiger partial charge in [0.05, 0.1) is 11.8 Å². The van der Waals surface area contributed by atoms with Crippen molar-refractivity contribution in [2.45, 2.75) is 75.4 Å². The molecule has 0 atom stereocenters. The minimum Gasteiger partial charge on any atom is -0.341 e. The van der Waals surface area contributed by atoms with Gasteiger partial charge in [0.25, 0.3) is 0 Å². The van der Waals surface area contributed by atoms with Crippen LogP contribution in [0.3, 0.4) is 0 Å². The van der Waals surface area contributed by atoms with E-state index < -0.39 is 0 Å². The van der Waals surface area contributed by atoms with Crippen molar-refractivity contribution in [3.8, 4) is 0 Å². The van der Waals surface area contributed by atoms with E-state index in [-0.39, 0.29) is 5.91 Å². The van der Waals surface area contributed by atoms with Gasteiger partial charge in [0.15, 0.2) is 0 Å². The minimum absolute atomic E-state index is 0.227. The van der Waals surface area contributed by atoms with Crippen molar-refractivity contribution in [3.63, 3.8) is 0 Å². The van der Waals surface area contributed by atoms with Gasteiger partial charge in [-0.2, -0.15) is 0 Å². The second-order valence-corrected chi connectivity index (χ2v) is 9.61. The van der Waals surface area contributed by atoms with Gasteiger partial charge in [-0.25, -0.2) is 4.68 Å². The molecule has 156 valence electrons. The SMILES string of the molecule is O=C(CSc1nnnn1C1CCCC1)N1CCCN(CC2CCCCC2)CC1. The number of hydrogen-bond donors (Lipinski definition) is 0. The maximum Gasteiger partial charge on any atom is 0.233 e. The third-order valence-corrected chi connectivity index (χ3v) is 7.56. The van der Waals surface area contributed by atoms with E-state index >= 15 is 0 Å². The highest BCUT2D eigenvalue weighted by Crippen LogP contribution is 2.31. The molecular formula is C20H34N6OS. The van der Waals surface area contributed by atoms with Gasteiger partial charge >= 0.3 is 0 Å². The first-order chi connectivity index (χ1) is 13.8. The molecule has 0 spiro atoms. The largest absolute Gasteiger partial charge is 0.341 e. The van der Waals surface area contributed by atoms with Crippen LogP contribution in [0, 0.1) is 5.92 Å². The average molecular weight is 407 g/mol. The summed E-state index contributed by atoms with van der Waals surface area (Å²) in [6.07, 6.45) is 12.9. The molecule has 1 aromatic rings. The predicted molar refractivity (Wildman–Crippen MR) is 110 cm³/mol. The molecule has 0 unspecified atom stereocenters. The van der Waals surface area contributed by atoms with Gasteiger partial charge in [0, 0.05) is 26.2 Å². The number of thioether (sulfide) groups is 1. The number of rotatable bonds is 6. The lowest BCUT2D eigenvalue weighted by atomic mass is 9.89. The molecule has 0 bridgehead atoms. The van der Waals surface area contributed by atoms with Gasteiger partial charge < -0.3 is 9.80 Å². The summed E-state index contributed by atoms with van der Waals surface area (Å²) in [5.41, 5.74) is 0. The Morgan fingerprint density at radius 1 is 0.929 bits per heavy atom. The number of carbonyl (C=O) groups is 1. The number of amides is 1. The normalized spacial score (nSPS) is 23.2. The third-order valence-electron chi connectivity index (χ3n) is 6.64. The van der Waals surface area contributed by atoms with Crippen molar-refractivity contribution in [1.29, 1.82) is 0 Å². The summed E-state index contributed by atoms with van der Waals surface area (Å²) in [5.74, 6) is 1.54. The quantitative estimate of drug-likeness (QED) is 0.677. The van der Waals surface area contributed by atoms with Crippen LogP contribution in [-0.4, -0.2) is 74.4 Å². The summed E-state index contributed by atoms with van der Waals surface area (Å²) in [4.78, 5) is 17.4. The topological polar surface area (TPSA) is 67.2 Å². The Morgan fingerprint density at radius 2 is 1.71 bits per heavy atom. The number of tetrazole rings is 1. The summed E-state index contributed by atoms with van der Waals surface area (Å²) in [5, 5.41) is 13.0. The maximum absolute atomic E-state index is 12.8. The first-order valence-electron chi connectivity index (χ1n) is 11.2. The minimum atomic E-state index is 0.227. The maximum atomic E-state index is 12.8. The van der Waals surface area contributed by atoms with Crippen LogP contribution in [0.1, 0.15) is 70.3 Å². The van der Waals surface area contributed by atoms with Crippen molar-refractivity contribution in [3.05, 3.63) is 0 Å². The zero-order valence-corrected chi connectivity index (χ0v) is 17.8. The molecule has 2 saturated carbocycles. The second-order valence-electron chi connectivity index (χ2n) is 8.67.